The summed E-state index contributed by atoms with van der Waals surface area (Å²) in [6.07, 6.45) is -7.22. The fraction of sp³-hybridized carbons (Fsp3) is 0.200. The molecule has 1 aromatic rings. The summed E-state index contributed by atoms with van der Waals surface area (Å²) in [7, 11) is 0. The van der Waals surface area contributed by atoms with Gasteiger partial charge in [0.05, 0.1) is 8.30 Å². The van der Waals surface area contributed by atoms with E-state index in [1.807, 2.05) is 0 Å². The number of H-pyrrole nitrogens is 1. The van der Waals surface area contributed by atoms with Crippen LogP contribution in [0.25, 0.3) is 0 Å². The molecule has 0 amide bonds. The monoisotopic (exact) mass is 166 g/mol. The van der Waals surface area contributed by atoms with E-state index in [2.05, 4.69) is 4.98 Å². The topological polar surface area (TPSA) is 45.8 Å². The lowest BCUT2D eigenvalue weighted by Gasteiger charge is -2.02. The smallest absolute Gasteiger partial charge is 0.312 e. The molecule has 1 heterocycles. The summed E-state index contributed by atoms with van der Waals surface area (Å²) in [6.45, 7) is 0. The van der Waals surface area contributed by atoms with Crippen LogP contribution in [0.3, 0.4) is 0 Å². The highest BCUT2D eigenvalue weighted by Gasteiger charge is 2.30. The van der Waals surface area contributed by atoms with Gasteiger partial charge in [-0.2, -0.15) is 13.2 Å². The van der Waals surface area contributed by atoms with Crippen molar-refractivity contribution < 1.29 is 15.9 Å². The van der Waals surface area contributed by atoms with Crippen molar-refractivity contribution in [3.63, 3.8) is 0 Å². The predicted molar refractivity (Wildman–Crippen MR) is 29.9 cm³/mol. The number of aromatic amines is 1. The van der Waals surface area contributed by atoms with Gasteiger partial charge in [0.1, 0.15) is 0 Å². The standard InChI is InChI=1S/C5H3F3N2O/c6-5(7,8)3-1-9-4(11)10-2-3/h1-2H,(H,9,10,11)/i1D,2D. The molecule has 3 nitrogen and oxygen atoms in total. The molecule has 0 aliphatic heterocycles. The van der Waals surface area contributed by atoms with E-state index in [1.54, 1.807) is 4.98 Å². The third kappa shape index (κ3) is 1.79. The van der Waals surface area contributed by atoms with Gasteiger partial charge in [-0.25, -0.2) is 9.78 Å². The Bertz CT molecular complexity index is 360. The number of rotatable bonds is 0. The molecule has 1 rings (SSSR count). The van der Waals surface area contributed by atoms with Crippen molar-refractivity contribution >= 4 is 0 Å². The number of halogens is 3. The zero-order valence-electron chi connectivity index (χ0n) is 6.99. The van der Waals surface area contributed by atoms with Crippen LogP contribution in [-0.4, -0.2) is 9.97 Å². The van der Waals surface area contributed by atoms with Crippen LogP contribution in [-0.2, 0) is 6.18 Å². The van der Waals surface area contributed by atoms with Crippen LogP contribution in [0.2, 0.25) is 0 Å². The largest absolute Gasteiger partial charge is 0.419 e. The molecule has 0 radical (unpaired) electrons. The molecule has 0 saturated heterocycles. The first-order valence-corrected chi connectivity index (χ1v) is 2.47. The van der Waals surface area contributed by atoms with Crippen molar-refractivity contribution in [2.75, 3.05) is 0 Å². The Hall–Kier alpha value is -1.33. The average Bonchev–Trinajstić information content (AvgIpc) is 1.78. The van der Waals surface area contributed by atoms with Gasteiger partial charge in [-0.1, -0.05) is 0 Å². The summed E-state index contributed by atoms with van der Waals surface area (Å²) >= 11 is 0. The third-order valence-electron chi connectivity index (χ3n) is 0.847. The summed E-state index contributed by atoms with van der Waals surface area (Å²) in [5, 5.41) is 0. The summed E-state index contributed by atoms with van der Waals surface area (Å²) in [6, 6.07) is 0. The van der Waals surface area contributed by atoms with Gasteiger partial charge < -0.3 is 4.98 Å². The van der Waals surface area contributed by atoms with Crippen molar-refractivity contribution in [3.8, 4) is 0 Å². The highest BCUT2D eigenvalue weighted by atomic mass is 19.4. The third-order valence-corrected chi connectivity index (χ3v) is 0.847. The first kappa shape index (κ1) is 5.34. The highest BCUT2D eigenvalue weighted by molar-refractivity contribution is 5.06. The molecule has 1 aromatic heterocycles. The summed E-state index contributed by atoms with van der Waals surface area (Å²) in [5.41, 5.74) is -2.67. The SMILES string of the molecule is [2H]c1nc(=O)[nH]c([2H])c1C(F)(F)F. The van der Waals surface area contributed by atoms with Crippen LogP contribution in [0.4, 0.5) is 13.2 Å². The lowest BCUT2D eigenvalue weighted by molar-refractivity contribution is -0.138. The quantitative estimate of drug-likeness (QED) is 0.619. The molecule has 0 bridgehead atoms. The summed E-state index contributed by atoms with van der Waals surface area (Å²) < 4.78 is 49.6. The number of hydrogen-bond acceptors (Lipinski definition) is 2. The fourth-order valence-electron chi connectivity index (χ4n) is 0.413. The van der Waals surface area contributed by atoms with Crippen LogP contribution in [0.5, 0.6) is 0 Å². The maximum Gasteiger partial charge on any atom is 0.419 e. The maximum atomic E-state index is 12.0. The zero-order valence-corrected chi connectivity index (χ0v) is 4.99. The maximum absolute atomic E-state index is 12.0. The molecule has 60 valence electrons. The van der Waals surface area contributed by atoms with Gasteiger partial charge in [0, 0.05) is 12.3 Å². The lowest BCUT2D eigenvalue weighted by Crippen LogP contribution is -2.14. The molecule has 0 aliphatic carbocycles. The Morgan fingerprint density at radius 2 is 2.27 bits per heavy atom. The van der Waals surface area contributed by atoms with Crippen LogP contribution < -0.4 is 5.69 Å². The van der Waals surface area contributed by atoms with E-state index >= 15 is 0 Å². The van der Waals surface area contributed by atoms with E-state index in [0.29, 0.717) is 0 Å². The van der Waals surface area contributed by atoms with Crippen LogP contribution in [0.15, 0.2) is 17.1 Å². The second-order valence-electron chi connectivity index (χ2n) is 1.65. The highest BCUT2D eigenvalue weighted by Crippen LogP contribution is 2.26. The second-order valence-corrected chi connectivity index (χ2v) is 1.65. The second kappa shape index (κ2) is 2.37. The summed E-state index contributed by atoms with van der Waals surface area (Å²) in [4.78, 5) is 14.7. The minimum atomic E-state index is -4.84. The van der Waals surface area contributed by atoms with Gasteiger partial charge in [-0.3, -0.25) is 0 Å². The zero-order chi connectivity index (χ0) is 10.2. The number of hydrogen-bond donors (Lipinski definition) is 1. The molecule has 0 aliphatic rings. The van der Waals surface area contributed by atoms with Crippen LogP contribution >= 0.6 is 0 Å². The first-order valence-electron chi connectivity index (χ1n) is 3.47. The Balaban J connectivity index is 3.47. The van der Waals surface area contributed by atoms with Crippen molar-refractivity contribution in [2.45, 2.75) is 6.18 Å². The molecular weight excluding hydrogens is 161 g/mol. The molecule has 1 N–H and O–H groups in total. The molecule has 0 aromatic carbocycles. The minimum Gasteiger partial charge on any atom is -0.312 e. The van der Waals surface area contributed by atoms with Gasteiger partial charge in [0.2, 0.25) is 0 Å². The predicted octanol–water partition coefficient (Wildman–Crippen LogP) is 0.789. The Morgan fingerprint density at radius 1 is 1.64 bits per heavy atom. The van der Waals surface area contributed by atoms with Crippen LogP contribution in [0, 0.1) is 0 Å². The van der Waals surface area contributed by atoms with Crippen molar-refractivity contribution in [1.82, 2.24) is 9.97 Å². The molecule has 0 unspecified atom stereocenters. The molecular formula is C5H3F3N2O. The van der Waals surface area contributed by atoms with Crippen molar-refractivity contribution in [3.05, 3.63) is 28.4 Å². The fourth-order valence-corrected chi connectivity index (χ4v) is 0.413. The van der Waals surface area contributed by atoms with Gasteiger partial charge in [-0.05, 0) is 0 Å². The van der Waals surface area contributed by atoms with E-state index in [4.69, 9.17) is 2.74 Å². The number of aromatic nitrogens is 2. The van der Waals surface area contributed by atoms with Crippen molar-refractivity contribution in [2.24, 2.45) is 0 Å². The number of alkyl halides is 3. The van der Waals surface area contributed by atoms with Crippen LogP contribution in [0.1, 0.15) is 8.30 Å². The molecule has 0 spiro atoms. The first-order chi connectivity index (χ1) is 5.82. The van der Waals surface area contributed by atoms with E-state index in [1.165, 1.54) is 0 Å². The molecule has 0 saturated carbocycles. The molecule has 0 fully saturated rings. The van der Waals surface area contributed by atoms with E-state index < -0.39 is 29.8 Å². The Morgan fingerprint density at radius 3 is 2.73 bits per heavy atom. The average molecular weight is 166 g/mol. The minimum absolute atomic E-state index is 1.14. The van der Waals surface area contributed by atoms with Gasteiger partial charge in [0.15, 0.2) is 0 Å². The molecule has 0 atom stereocenters. The van der Waals surface area contributed by atoms with E-state index in [9.17, 15) is 18.0 Å². The van der Waals surface area contributed by atoms with Gasteiger partial charge >= 0.3 is 11.9 Å². The van der Waals surface area contributed by atoms with E-state index in [-0.39, 0.29) is 0 Å². The number of nitrogens with zero attached hydrogens (tertiary/aromatic N) is 1. The Labute approximate surface area is 61.7 Å². The normalized spacial score (nSPS) is 14.1. The summed E-state index contributed by atoms with van der Waals surface area (Å²) in [5.74, 6) is 0. The van der Waals surface area contributed by atoms with Gasteiger partial charge in [0.25, 0.3) is 0 Å². The Kier molecular flexibility index (Phi) is 1.15. The molecule has 11 heavy (non-hydrogen) atoms. The molecule has 6 heteroatoms. The van der Waals surface area contributed by atoms with Crippen molar-refractivity contribution in [1.29, 1.82) is 0 Å². The number of nitrogens with one attached hydrogen (secondary N) is 1. The van der Waals surface area contributed by atoms with E-state index in [0.717, 1.165) is 0 Å². The lowest BCUT2D eigenvalue weighted by atomic mass is 10.3. The van der Waals surface area contributed by atoms with Gasteiger partial charge in [-0.15, -0.1) is 0 Å².